The predicted molar refractivity (Wildman–Crippen MR) is 107 cm³/mol. The lowest BCUT2D eigenvalue weighted by molar-refractivity contribution is -0.139. The molecular weight excluding hydrogens is 455 g/mol. The number of benzene rings is 2. The monoisotopic (exact) mass is 471 g/mol. The summed E-state index contributed by atoms with van der Waals surface area (Å²) in [5, 5.41) is 4.49. The highest BCUT2D eigenvalue weighted by molar-refractivity contribution is 7.89. The van der Waals surface area contributed by atoms with E-state index in [1.807, 2.05) is 0 Å². The summed E-state index contributed by atoms with van der Waals surface area (Å²) in [5.74, 6) is 0.151. The van der Waals surface area contributed by atoms with E-state index in [2.05, 4.69) is 10.1 Å². The molecule has 1 aliphatic heterocycles. The van der Waals surface area contributed by atoms with Gasteiger partial charge in [-0.25, -0.2) is 8.42 Å². The van der Waals surface area contributed by atoms with E-state index in [1.54, 1.807) is 24.3 Å². The SMILES string of the molecule is O=S(=O)(c1ccccc1C(F)(F)F)N1CCC[C@@H](c2nc(-c3ccc(Cl)cc3)no2)C1. The number of halogens is 4. The van der Waals surface area contributed by atoms with E-state index < -0.39 is 32.6 Å². The standard InChI is InChI=1S/C20H17ClF3N3O3S/c21-15-9-7-13(8-10-15)18-25-19(30-26-18)14-4-3-11-27(12-14)31(28,29)17-6-2-1-5-16(17)20(22,23)24/h1-2,5-10,14H,3-4,11-12H2/t14-/m1/s1. The van der Waals surface area contributed by atoms with Crippen molar-refractivity contribution in [3.05, 3.63) is 65.0 Å². The second-order valence-corrected chi connectivity index (χ2v) is 9.50. The maximum absolute atomic E-state index is 13.4. The molecule has 2 heterocycles. The molecule has 31 heavy (non-hydrogen) atoms. The predicted octanol–water partition coefficient (Wildman–Crippen LogP) is 4.98. The van der Waals surface area contributed by atoms with Gasteiger partial charge in [-0.3, -0.25) is 0 Å². The highest BCUT2D eigenvalue weighted by Gasteiger charge is 2.40. The van der Waals surface area contributed by atoms with Crippen LogP contribution in [0.4, 0.5) is 13.2 Å². The van der Waals surface area contributed by atoms with Crippen LogP contribution in [0.15, 0.2) is 57.9 Å². The largest absolute Gasteiger partial charge is 0.417 e. The van der Waals surface area contributed by atoms with Gasteiger partial charge in [0.25, 0.3) is 0 Å². The number of sulfonamides is 1. The molecule has 0 unspecified atom stereocenters. The molecule has 2 aromatic carbocycles. The van der Waals surface area contributed by atoms with E-state index in [9.17, 15) is 21.6 Å². The molecule has 3 aromatic rings. The molecule has 0 amide bonds. The minimum Gasteiger partial charge on any atom is -0.339 e. The van der Waals surface area contributed by atoms with Gasteiger partial charge in [0.05, 0.1) is 16.4 Å². The fraction of sp³-hybridized carbons (Fsp3) is 0.300. The highest BCUT2D eigenvalue weighted by Crippen LogP contribution is 2.37. The first-order valence-electron chi connectivity index (χ1n) is 9.42. The Morgan fingerprint density at radius 2 is 1.81 bits per heavy atom. The summed E-state index contributed by atoms with van der Waals surface area (Å²) in [6.45, 7) is 0.0694. The fourth-order valence-corrected chi connectivity index (χ4v) is 5.41. The molecule has 0 radical (unpaired) electrons. The van der Waals surface area contributed by atoms with Crippen molar-refractivity contribution in [2.24, 2.45) is 0 Å². The van der Waals surface area contributed by atoms with E-state index in [0.29, 0.717) is 29.3 Å². The Kier molecular flexibility index (Phi) is 5.80. The average Bonchev–Trinajstić information content (AvgIpc) is 3.24. The van der Waals surface area contributed by atoms with Crippen LogP contribution in [0, 0.1) is 0 Å². The van der Waals surface area contributed by atoms with Crippen molar-refractivity contribution in [1.29, 1.82) is 0 Å². The average molecular weight is 472 g/mol. The van der Waals surface area contributed by atoms with E-state index in [4.69, 9.17) is 16.1 Å². The molecule has 1 atom stereocenters. The molecule has 0 N–H and O–H groups in total. The molecule has 11 heteroatoms. The third-order valence-electron chi connectivity index (χ3n) is 5.09. The van der Waals surface area contributed by atoms with Crippen molar-refractivity contribution in [2.75, 3.05) is 13.1 Å². The van der Waals surface area contributed by atoms with Crippen molar-refractivity contribution in [3.8, 4) is 11.4 Å². The van der Waals surface area contributed by atoms with Gasteiger partial charge in [-0.15, -0.1) is 0 Å². The number of nitrogens with zero attached hydrogens (tertiary/aromatic N) is 3. The molecule has 1 fully saturated rings. The second-order valence-electron chi connectivity index (χ2n) is 7.16. The second kappa shape index (κ2) is 8.25. The van der Waals surface area contributed by atoms with E-state index in [-0.39, 0.29) is 19.0 Å². The fourth-order valence-electron chi connectivity index (χ4n) is 3.54. The molecule has 0 saturated carbocycles. The molecule has 0 aliphatic carbocycles. The topological polar surface area (TPSA) is 76.3 Å². The van der Waals surface area contributed by atoms with Crippen LogP contribution >= 0.6 is 11.6 Å². The minimum absolute atomic E-state index is 0.0449. The first kappa shape index (κ1) is 21.8. The van der Waals surface area contributed by atoms with Gasteiger partial charge in [0, 0.05) is 23.7 Å². The zero-order valence-electron chi connectivity index (χ0n) is 16.0. The highest BCUT2D eigenvalue weighted by atomic mass is 35.5. The van der Waals surface area contributed by atoms with Crippen LogP contribution in [-0.2, 0) is 16.2 Å². The van der Waals surface area contributed by atoms with Gasteiger partial charge in [-0.1, -0.05) is 28.9 Å². The van der Waals surface area contributed by atoms with Gasteiger partial charge < -0.3 is 4.52 Å². The smallest absolute Gasteiger partial charge is 0.339 e. The Morgan fingerprint density at radius 3 is 2.52 bits per heavy atom. The Labute approximate surface area is 181 Å². The summed E-state index contributed by atoms with van der Waals surface area (Å²) in [4.78, 5) is 3.60. The molecular formula is C20H17ClF3N3O3S. The molecule has 1 saturated heterocycles. The summed E-state index contributed by atoms with van der Waals surface area (Å²) in [6, 6.07) is 11.0. The third-order valence-corrected chi connectivity index (χ3v) is 7.26. The number of alkyl halides is 3. The van der Waals surface area contributed by atoms with Crippen molar-refractivity contribution in [1.82, 2.24) is 14.4 Å². The number of hydrogen-bond acceptors (Lipinski definition) is 5. The molecule has 0 bridgehead atoms. The van der Waals surface area contributed by atoms with E-state index in [1.165, 1.54) is 6.07 Å². The summed E-state index contributed by atoms with van der Waals surface area (Å²) >= 11 is 5.88. The van der Waals surface area contributed by atoms with Gasteiger partial charge in [0.2, 0.25) is 21.7 Å². The summed E-state index contributed by atoms with van der Waals surface area (Å²) < 4.78 is 72.5. The third kappa shape index (κ3) is 4.46. The Morgan fingerprint density at radius 1 is 1.10 bits per heavy atom. The minimum atomic E-state index is -4.78. The lowest BCUT2D eigenvalue weighted by atomic mass is 10.00. The maximum Gasteiger partial charge on any atom is 0.417 e. The van der Waals surface area contributed by atoms with Crippen molar-refractivity contribution < 1.29 is 26.1 Å². The van der Waals surface area contributed by atoms with Crippen molar-refractivity contribution in [3.63, 3.8) is 0 Å². The van der Waals surface area contributed by atoms with Crippen molar-refractivity contribution in [2.45, 2.75) is 29.8 Å². The van der Waals surface area contributed by atoms with Crippen LogP contribution in [0.1, 0.15) is 30.2 Å². The van der Waals surface area contributed by atoms with Gasteiger partial charge in [0.15, 0.2) is 0 Å². The molecule has 164 valence electrons. The molecule has 1 aromatic heterocycles. The summed E-state index contributed by atoms with van der Waals surface area (Å²) in [6.07, 6.45) is -3.75. The number of piperidine rings is 1. The van der Waals surface area contributed by atoms with Crippen LogP contribution in [0.25, 0.3) is 11.4 Å². The number of hydrogen-bond donors (Lipinski definition) is 0. The zero-order valence-corrected chi connectivity index (χ0v) is 17.6. The van der Waals surface area contributed by atoms with Crippen LogP contribution in [-0.4, -0.2) is 36.0 Å². The van der Waals surface area contributed by atoms with Crippen LogP contribution in [0.3, 0.4) is 0 Å². The lowest BCUT2D eigenvalue weighted by Crippen LogP contribution is -2.39. The van der Waals surface area contributed by atoms with Gasteiger partial charge >= 0.3 is 6.18 Å². The van der Waals surface area contributed by atoms with Crippen molar-refractivity contribution >= 4 is 21.6 Å². The van der Waals surface area contributed by atoms with Crippen LogP contribution < -0.4 is 0 Å². The van der Waals surface area contributed by atoms with Crippen LogP contribution in [0.2, 0.25) is 5.02 Å². The normalized spacial score (nSPS) is 18.3. The number of aromatic nitrogens is 2. The maximum atomic E-state index is 13.4. The Bertz CT molecular complexity index is 1180. The van der Waals surface area contributed by atoms with Gasteiger partial charge in [0.1, 0.15) is 0 Å². The van der Waals surface area contributed by atoms with E-state index in [0.717, 1.165) is 22.5 Å². The molecule has 4 rings (SSSR count). The van der Waals surface area contributed by atoms with Crippen LogP contribution in [0.5, 0.6) is 0 Å². The Hall–Kier alpha value is -2.43. The first-order chi connectivity index (χ1) is 14.7. The summed E-state index contributed by atoms with van der Waals surface area (Å²) in [5.41, 5.74) is -0.501. The molecule has 6 nitrogen and oxygen atoms in total. The first-order valence-corrected chi connectivity index (χ1v) is 11.2. The summed E-state index contributed by atoms with van der Waals surface area (Å²) in [7, 11) is -4.36. The lowest BCUT2D eigenvalue weighted by Gasteiger charge is -2.30. The van der Waals surface area contributed by atoms with Gasteiger partial charge in [-0.05, 0) is 49.2 Å². The number of rotatable bonds is 4. The quantitative estimate of drug-likeness (QED) is 0.536. The van der Waals surface area contributed by atoms with Gasteiger partial charge in [-0.2, -0.15) is 22.5 Å². The Balaban J connectivity index is 1.59. The molecule has 1 aliphatic rings. The van der Waals surface area contributed by atoms with E-state index >= 15 is 0 Å². The molecule has 0 spiro atoms. The zero-order chi connectivity index (χ0) is 22.2.